The minimum atomic E-state index is -0.213. The molecule has 4 nitrogen and oxygen atoms in total. The zero-order valence-corrected chi connectivity index (χ0v) is 6.20. The molecule has 0 radical (unpaired) electrons. The second-order valence-corrected chi connectivity index (χ2v) is 2.28. The minimum absolute atomic E-state index is 0.0672. The summed E-state index contributed by atoms with van der Waals surface area (Å²) in [5, 5.41) is 0. The maximum Gasteiger partial charge on any atom is 0.296 e. The van der Waals surface area contributed by atoms with Crippen LogP contribution in [-0.4, -0.2) is 10.5 Å². The van der Waals surface area contributed by atoms with Crippen molar-refractivity contribution < 1.29 is 10.6 Å². The Hall–Kier alpha value is -1.42. The van der Waals surface area contributed by atoms with E-state index in [-0.39, 0.29) is 11.3 Å². The summed E-state index contributed by atoms with van der Waals surface area (Å²) >= 11 is 0. The van der Waals surface area contributed by atoms with E-state index in [0.29, 0.717) is 5.56 Å². The Kier molecular flexibility index (Phi) is 1.87. The molecule has 1 aromatic rings. The number of ketones is 1. The summed E-state index contributed by atoms with van der Waals surface area (Å²) in [5.74, 6) is 3.35. The lowest BCUT2D eigenvalue weighted by Crippen LogP contribution is -2.61. The van der Waals surface area contributed by atoms with E-state index in [1.54, 1.807) is 0 Å². The van der Waals surface area contributed by atoms with Crippen molar-refractivity contribution in [3.63, 3.8) is 0 Å². The van der Waals surface area contributed by atoms with Crippen LogP contribution >= 0.6 is 0 Å². The van der Waals surface area contributed by atoms with Gasteiger partial charge in [0.2, 0.25) is 0 Å². The molecule has 0 saturated carbocycles. The number of nitrogens with zero attached hydrogens (tertiary/aromatic N) is 1. The Bertz CT molecular complexity index is 341. The fourth-order valence-corrected chi connectivity index (χ4v) is 0.740. The van der Waals surface area contributed by atoms with Crippen LogP contribution in [0.5, 0.6) is 0 Å². The first-order valence-electron chi connectivity index (χ1n) is 3.16. The van der Waals surface area contributed by atoms with Crippen LogP contribution in [0.1, 0.15) is 17.3 Å². The molecular weight excluding hydrogens is 144 g/mol. The topological polar surface area (TPSA) is 66.7 Å². The normalized spacial score (nSPS) is 9.64. The van der Waals surface area contributed by atoms with Crippen LogP contribution in [0.4, 0.5) is 0 Å². The molecule has 0 unspecified atom stereocenters. The van der Waals surface area contributed by atoms with Crippen molar-refractivity contribution in [2.45, 2.75) is 6.92 Å². The second-order valence-electron chi connectivity index (χ2n) is 2.28. The molecule has 11 heavy (non-hydrogen) atoms. The molecule has 0 amide bonds. The van der Waals surface area contributed by atoms with Gasteiger partial charge in [-0.05, 0) is 13.0 Å². The summed E-state index contributed by atoms with van der Waals surface area (Å²) in [4.78, 5) is 21.5. The molecule has 0 spiro atoms. The van der Waals surface area contributed by atoms with Gasteiger partial charge in [0, 0.05) is 11.6 Å². The van der Waals surface area contributed by atoms with Gasteiger partial charge < -0.3 is 0 Å². The van der Waals surface area contributed by atoms with Crippen molar-refractivity contribution in [2.75, 3.05) is 0 Å². The molecule has 3 N–H and O–H groups in total. The number of carbonyl (C=O) groups excluding carboxylic acids is 1. The third-order valence-electron chi connectivity index (χ3n) is 1.39. The fourth-order valence-electron chi connectivity index (χ4n) is 0.740. The molecule has 0 fully saturated rings. The number of pyridine rings is 1. The van der Waals surface area contributed by atoms with Crippen LogP contribution in [0.2, 0.25) is 0 Å². The van der Waals surface area contributed by atoms with Crippen LogP contribution in [0.15, 0.2) is 23.1 Å². The van der Waals surface area contributed by atoms with Gasteiger partial charge in [-0.1, -0.05) is 0 Å². The van der Waals surface area contributed by atoms with Gasteiger partial charge >= 0.3 is 0 Å². The molecule has 0 saturated heterocycles. The van der Waals surface area contributed by atoms with Gasteiger partial charge in [-0.2, -0.15) is 4.68 Å². The average molecular weight is 153 g/mol. The summed E-state index contributed by atoms with van der Waals surface area (Å²) in [6, 6.07) is 2.82. The number of carbonyl (C=O) groups is 1. The third-order valence-corrected chi connectivity index (χ3v) is 1.39. The van der Waals surface area contributed by atoms with E-state index < -0.39 is 0 Å². The highest BCUT2D eigenvalue weighted by atomic mass is 16.1. The minimum Gasteiger partial charge on any atom is -0.294 e. The molecule has 0 aromatic carbocycles. The van der Waals surface area contributed by atoms with E-state index in [1.165, 1.54) is 25.3 Å². The molecule has 0 aliphatic rings. The van der Waals surface area contributed by atoms with Crippen LogP contribution in [0.3, 0.4) is 0 Å². The molecule has 0 atom stereocenters. The Morgan fingerprint density at radius 3 is 2.64 bits per heavy atom. The van der Waals surface area contributed by atoms with Crippen LogP contribution in [0.25, 0.3) is 0 Å². The van der Waals surface area contributed by atoms with Gasteiger partial charge in [0.15, 0.2) is 5.78 Å². The van der Waals surface area contributed by atoms with Gasteiger partial charge in [-0.25, -0.2) is 5.84 Å². The van der Waals surface area contributed by atoms with Gasteiger partial charge in [0.25, 0.3) is 5.56 Å². The van der Waals surface area contributed by atoms with E-state index >= 15 is 0 Å². The predicted molar refractivity (Wildman–Crippen MR) is 39.0 cm³/mol. The van der Waals surface area contributed by atoms with Crippen molar-refractivity contribution in [1.82, 2.24) is 4.68 Å². The first kappa shape index (κ1) is 7.68. The van der Waals surface area contributed by atoms with Gasteiger partial charge in [0.05, 0.1) is 6.20 Å². The summed E-state index contributed by atoms with van der Waals surface area (Å²) in [7, 11) is 0. The molecule has 0 aliphatic carbocycles. The van der Waals surface area contributed by atoms with Crippen molar-refractivity contribution in [3.8, 4) is 0 Å². The highest BCUT2D eigenvalue weighted by molar-refractivity contribution is 5.93. The Labute approximate surface area is 63.2 Å². The maximum atomic E-state index is 10.8. The highest BCUT2D eigenvalue weighted by Crippen LogP contribution is 1.93. The fraction of sp³-hybridized carbons (Fsp3) is 0.143. The molecule has 0 bridgehead atoms. The average Bonchev–Trinajstić information content (AvgIpc) is 1.94. The van der Waals surface area contributed by atoms with E-state index in [9.17, 15) is 9.59 Å². The van der Waals surface area contributed by atoms with Gasteiger partial charge in [-0.3, -0.25) is 9.59 Å². The van der Waals surface area contributed by atoms with E-state index in [1.807, 2.05) is 0 Å². The molecule has 1 heterocycles. The molecule has 4 heteroatoms. The van der Waals surface area contributed by atoms with Gasteiger partial charge in [-0.15, -0.1) is 0 Å². The van der Waals surface area contributed by atoms with Crippen molar-refractivity contribution in [2.24, 2.45) is 0 Å². The first-order valence-corrected chi connectivity index (χ1v) is 3.16. The Morgan fingerprint density at radius 2 is 2.18 bits per heavy atom. The lowest BCUT2D eigenvalue weighted by Gasteiger charge is -1.94. The van der Waals surface area contributed by atoms with Crippen LogP contribution < -0.4 is 11.4 Å². The largest absolute Gasteiger partial charge is 0.296 e. The number of hydrogen-bond donors (Lipinski definition) is 1. The van der Waals surface area contributed by atoms with E-state index in [2.05, 4.69) is 5.84 Å². The van der Waals surface area contributed by atoms with Crippen molar-refractivity contribution >= 4 is 5.78 Å². The standard InChI is InChI=1S/C7H8N2O2/c1-5(10)6-2-3-7(11)9(8)4-6/h2-4H,8H2,1H3/p+1. The Morgan fingerprint density at radius 1 is 1.55 bits per heavy atom. The third kappa shape index (κ3) is 1.53. The lowest BCUT2D eigenvalue weighted by atomic mass is 10.2. The SMILES string of the molecule is CC(=O)c1ccc(=O)n([NH3+])c1. The van der Waals surface area contributed by atoms with Crippen molar-refractivity contribution in [3.05, 3.63) is 34.2 Å². The zero-order valence-electron chi connectivity index (χ0n) is 6.20. The highest BCUT2D eigenvalue weighted by Gasteiger charge is 2.00. The number of aromatic nitrogens is 1. The smallest absolute Gasteiger partial charge is 0.294 e. The molecular formula is C7H9N2O2+. The summed E-state index contributed by atoms with van der Waals surface area (Å²) < 4.78 is 1.14. The number of quaternary nitrogens is 1. The first-order chi connectivity index (χ1) is 5.11. The predicted octanol–water partition coefficient (Wildman–Crippen LogP) is -0.944. The maximum absolute atomic E-state index is 10.8. The Balaban J connectivity index is 3.26. The van der Waals surface area contributed by atoms with Crippen LogP contribution in [0, 0.1) is 0 Å². The number of hydrogen-bond acceptors (Lipinski definition) is 2. The van der Waals surface area contributed by atoms with E-state index in [0.717, 1.165) is 4.68 Å². The lowest BCUT2D eigenvalue weighted by molar-refractivity contribution is -0.443. The quantitative estimate of drug-likeness (QED) is 0.529. The zero-order chi connectivity index (χ0) is 8.43. The summed E-state index contributed by atoms with van der Waals surface area (Å²) in [6.07, 6.45) is 1.42. The number of rotatable bonds is 1. The molecule has 1 rings (SSSR count). The van der Waals surface area contributed by atoms with Crippen LogP contribution in [-0.2, 0) is 0 Å². The second kappa shape index (κ2) is 2.67. The number of Topliss-reactive ketones (excluding diaryl/α,β-unsaturated/α-hetero) is 1. The molecule has 58 valence electrons. The monoisotopic (exact) mass is 153 g/mol. The van der Waals surface area contributed by atoms with Gasteiger partial charge in [0.1, 0.15) is 0 Å². The summed E-state index contributed by atoms with van der Waals surface area (Å²) in [6.45, 7) is 1.44. The molecule has 1 aromatic heterocycles. The molecule has 0 aliphatic heterocycles. The van der Waals surface area contributed by atoms with Crippen molar-refractivity contribution in [1.29, 1.82) is 0 Å². The van der Waals surface area contributed by atoms with E-state index in [4.69, 9.17) is 0 Å². The summed E-state index contributed by atoms with van der Waals surface area (Å²) in [5.41, 5.74) is 0.287.